The molecule has 0 aliphatic carbocycles. The number of amides is 1. The molecule has 0 unspecified atom stereocenters. The van der Waals surface area contributed by atoms with Gasteiger partial charge in [0.05, 0.1) is 19.6 Å². The molecule has 0 bridgehead atoms. The van der Waals surface area contributed by atoms with Gasteiger partial charge in [0.25, 0.3) is 0 Å². The number of nitrogens with zero attached hydrogens (tertiary/aromatic N) is 1. The van der Waals surface area contributed by atoms with E-state index in [1.807, 2.05) is 26.8 Å². The Kier molecular flexibility index (Phi) is 8.32. The van der Waals surface area contributed by atoms with Gasteiger partial charge >= 0.3 is 12.1 Å². The topological polar surface area (TPSA) is 65.1 Å². The third-order valence-electron chi connectivity index (χ3n) is 5.36. The summed E-state index contributed by atoms with van der Waals surface area (Å²) >= 11 is 0. The Balaban J connectivity index is 2.93. The van der Waals surface area contributed by atoms with E-state index in [4.69, 9.17) is 9.16 Å². The summed E-state index contributed by atoms with van der Waals surface area (Å²) < 4.78 is 16.9. The number of carbonyl (C=O) groups is 2. The number of hydrogen-bond acceptors (Lipinski definition) is 5. The van der Waals surface area contributed by atoms with Gasteiger partial charge in [0, 0.05) is 12.6 Å². The molecule has 6 nitrogen and oxygen atoms in total. The zero-order valence-corrected chi connectivity index (χ0v) is 20.1. The van der Waals surface area contributed by atoms with Crippen LogP contribution in [0.3, 0.4) is 0 Å². The summed E-state index contributed by atoms with van der Waals surface area (Å²) in [6.07, 6.45) is 5.10. The van der Waals surface area contributed by atoms with E-state index in [2.05, 4.69) is 38.6 Å². The van der Waals surface area contributed by atoms with Gasteiger partial charge in [0.15, 0.2) is 8.32 Å². The Morgan fingerprint density at radius 3 is 2.25 bits per heavy atom. The van der Waals surface area contributed by atoms with Gasteiger partial charge in [-0.1, -0.05) is 32.9 Å². The predicted molar refractivity (Wildman–Crippen MR) is 114 cm³/mol. The normalized spacial score (nSPS) is 21.7. The van der Waals surface area contributed by atoms with Crippen LogP contribution in [0, 0.1) is 0 Å². The van der Waals surface area contributed by atoms with E-state index in [0.29, 0.717) is 13.0 Å². The van der Waals surface area contributed by atoms with Gasteiger partial charge in [-0.2, -0.15) is 0 Å². The minimum absolute atomic E-state index is 0.0901. The molecule has 1 fully saturated rings. The second-order valence-electron chi connectivity index (χ2n) is 9.97. The number of rotatable bonds is 5. The molecule has 0 aromatic heterocycles. The monoisotopic (exact) mass is 413 g/mol. The average Bonchev–Trinajstić information content (AvgIpc) is 2.51. The van der Waals surface area contributed by atoms with Gasteiger partial charge in [0.2, 0.25) is 0 Å². The first-order chi connectivity index (χ1) is 12.7. The number of hydrogen-bond donors (Lipinski definition) is 0. The van der Waals surface area contributed by atoms with E-state index in [1.165, 1.54) is 7.11 Å². The lowest BCUT2D eigenvalue weighted by atomic mass is 9.99. The molecule has 162 valence electrons. The van der Waals surface area contributed by atoms with Crippen LogP contribution in [0.1, 0.15) is 60.8 Å². The van der Waals surface area contributed by atoms with Crippen molar-refractivity contribution in [3.63, 3.8) is 0 Å². The molecule has 1 saturated heterocycles. The fraction of sp³-hybridized carbons (Fsp3) is 0.810. The molecule has 1 heterocycles. The zero-order chi connectivity index (χ0) is 21.8. The van der Waals surface area contributed by atoms with Crippen molar-refractivity contribution < 1.29 is 23.5 Å². The second-order valence-corrected chi connectivity index (χ2v) is 14.7. The van der Waals surface area contributed by atoms with E-state index in [-0.39, 0.29) is 35.7 Å². The van der Waals surface area contributed by atoms with E-state index < -0.39 is 13.9 Å². The summed E-state index contributed by atoms with van der Waals surface area (Å²) in [6, 6.07) is -0.164. The number of carbonyl (C=O) groups excluding carboxylic acids is 2. The van der Waals surface area contributed by atoms with Crippen LogP contribution in [-0.4, -0.2) is 56.7 Å². The summed E-state index contributed by atoms with van der Waals surface area (Å²) in [4.78, 5) is 25.8. The SMILES string of the molecule is COC(=O)C/C=C/[C@H]1C[C@@H](O[Si](C)(C)C(C)(C)C)CCN1C(=O)OC(C)(C)C. The maximum Gasteiger partial charge on any atom is 0.410 e. The molecule has 2 atom stereocenters. The molecule has 1 rings (SSSR count). The van der Waals surface area contributed by atoms with Crippen molar-refractivity contribution in [3.05, 3.63) is 12.2 Å². The van der Waals surface area contributed by atoms with E-state index >= 15 is 0 Å². The lowest BCUT2D eigenvalue weighted by molar-refractivity contribution is -0.139. The van der Waals surface area contributed by atoms with Gasteiger partial charge in [-0.15, -0.1) is 0 Å². The summed E-state index contributed by atoms with van der Waals surface area (Å²) in [5.41, 5.74) is -0.550. The highest BCUT2D eigenvalue weighted by atomic mass is 28.4. The van der Waals surface area contributed by atoms with Crippen molar-refractivity contribution in [2.75, 3.05) is 13.7 Å². The van der Waals surface area contributed by atoms with Crippen molar-refractivity contribution in [1.82, 2.24) is 4.90 Å². The lowest BCUT2D eigenvalue weighted by Crippen LogP contribution is -2.52. The highest BCUT2D eigenvalue weighted by Crippen LogP contribution is 2.39. The van der Waals surface area contributed by atoms with Crippen molar-refractivity contribution in [3.8, 4) is 0 Å². The maximum absolute atomic E-state index is 12.7. The van der Waals surface area contributed by atoms with Crippen LogP contribution in [0.2, 0.25) is 18.1 Å². The number of esters is 1. The molecule has 1 aliphatic heterocycles. The Morgan fingerprint density at radius 2 is 1.75 bits per heavy atom. The van der Waals surface area contributed by atoms with E-state index in [1.54, 1.807) is 11.0 Å². The first-order valence-corrected chi connectivity index (χ1v) is 13.0. The Hall–Kier alpha value is -1.34. The smallest absolute Gasteiger partial charge is 0.410 e. The highest BCUT2D eigenvalue weighted by molar-refractivity contribution is 6.74. The van der Waals surface area contributed by atoms with Crippen LogP contribution < -0.4 is 0 Å². The molecular formula is C21H39NO5Si. The van der Waals surface area contributed by atoms with Crippen LogP contribution in [0.25, 0.3) is 0 Å². The third-order valence-corrected chi connectivity index (χ3v) is 9.90. The fourth-order valence-electron chi connectivity index (χ4n) is 2.80. The maximum atomic E-state index is 12.7. The van der Waals surface area contributed by atoms with Crippen LogP contribution >= 0.6 is 0 Å². The van der Waals surface area contributed by atoms with Crippen LogP contribution in [0.5, 0.6) is 0 Å². The molecule has 0 aromatic carbocycles. The number of methoxy groups -OCH3 is 1. The minimum Gasteiger partial charge on any atom is -0.469 e. The Bertz CT molecular complexity index is 574. The van der Waals surface area contributed by atoms with Crippen LogP contribution in [0.15, 0.2) is 12.2 Å². The van der Waals surface area contributed by atoms with Crippen molar-refractivity contribution in [1.29, 1.82) is 0 Å². The standard InChI is InChI=1S/C21H39NO5Si/c1-20(2,3)26-19(24)22-14-13-17(27-28(8,9)21(4,5)6)15-16(22)11-10-12-18(23)25-7/h10-11,16-17H,12-15H2,1-9H3/b11-10+/t16-,17-/m0/s1. The number of piperidine rings is 1. The van der Waals surface area contributed by atoms with Crippen molar-refractivity contribution >= 4 is 20.4 Å². The number of ether oxygens (including phenoxy) is 2. The molecule has 7 heteroatoms. The predicted octanol–water partition coefficient (Wildman–Crippen LogP) is 4.90. The van der Waals surface area contributed by atoms with Crippen molar-refractivity contribution in [2.24, 2.45) is 0 Å². The van der Waals surface area contributed by atoms with E-state index in [0.717, 1.165) is 6.42 Å². The third kappa shape index (κ3) is 7.58. The quantitative estimate of drug-likeness (QED) is 0.364. The summed E-state index contributed by atoms with van der Waals surface area (Å²) in [5.74, 6) is -0.301. The minimum atomic E-state index is -1.90. The molecule has 0 saturated carbocycles. The van der Waals surface area contributed by atoms with Gasteiger partial charge in [0.1, 0.15) is 5.60 Å². The van der Waals surface area contributed by atoms with Gasteiger partial charge in [-0.3, -0.25) is 4.79 Å². The first kappa shape index (κ1) is 24.7. The zero-order valence-electron chi connectivity index (χ0n) is 19.1. The molecule has 0 aromatic rings. The lowest BCUT2D eigenvalue weighted by Gasteiger charge is -2.44. The molecular weight excluding hydrogens is 374 g/mol. The highest BCUT2D eigenvalue weighted by Gasteiger charge is 2.41. The number of likely N-dealkylation sites (tertiary alicyclic amines) is 1. The second kappa shape index (κ2) is 9.44. The average molecular weight is 414 g/mol. The molecule has 28 heavy (non-hydrogen) atoms. The molecule has 0 spiro atoms. The van der Waals surface area contributed by atoms with Gasteiger partial charge in [-0.05, 0) is 51.7 Å². The van der Waals surface area contributed by atoms with Crippen LogP contribution in [0.4, 0.5) is 4.79 Å². The molecule has 0 radical (unpaired) electrons. The fourth-order valence-corrected chi connectivity index (χ4v) is 4.20. The Morgan fingerprint density at radius 1 is 1.14 bits per heavy atom. The molecule has 1 aliphatic rings. The summed E-state index contributed by atoms with van der Waals surface area (Å²) in [6.45, 7) is 17.3. The summed E-state index contributed by atoms with van der Waals surface area (Å²) in [5, 5.41) is 0.130. The first-order valence-electron chi connectivity index (χ1n) is 10.1. The Labute approximate surface area is 171 Å². The molecule has 0 N–H and O–H groups in total. The molecule has 1 amide bonds. The largest absolute Gasteiger partial charge is 0.469 e. The van der Waals surface area contributed by atoms with Crippen LogP contribution in [-0.2, 0) is 18.7 Å². The van der Waals surface area contributed by atoms with Gasteiger partial charge in [-0.25, -0.2) is 4.79 Å². The van der Waals surface area contributed by atoms with Gasteiger partial charge < -0.3 is 18.8 Å². The van der Waals surface area contributed by atoms with E-state index in [9.17, 15) is 9.59 Å². The summed E-state index contributed by atoms with van der Waals surface area (Å²) in [7, 11) is -0.529. The van der Waals surface area contributed by atoms with Crippen molar-refractivity contribution in [2.45, 2.75) is 96.7 Å².